The second kappa shape index (κ2) is 6.14. The molecule has 0 saturated heterocycles. The Balaban J connectivity index is 1.91. The van der Waals surface area contributed by atoms with Crippen LogP contribution >= 0.6 is 0 Å². The lowest BCUT2D eigenvalue weighted by atomic mass is 9.97. The molecule has 1 aromatic rings. The molecule has 1 fully saturated rings. The van der Waals surface area contributed by atoms with E-state index < -0.39 is 0 Å². The van der Waals surface area contributed by atoms with E-state index in [1.54, 1.807) is 6.33 Å². The highest BCUT2D eigenvalue weighted by atomic mass is 16.5. The molecule has 0 aromatic carbocycles. The van der Waals surface area contributed by atoms with Gasteiger partial charge in [0.1, 0.15) is 6.33 Å². The summed E-state index contributed by atoms with van der Waals surface area (Å²) < 4.78 is 5.81. The van der Waals surface area contributed by atoms with Crippen LogP contribution in [-0.4, -0.2) is 23.1 Å². The second-order valence-corrected chi connectivity index (χ2v) is 5.43. The summed E-state index contributed by atoms with van der Waals surface area (Å²) in [6.45, 7) is 5.74. The fourth-order valence-corrected chi connectivity index (χ4v) is 2.58. The van der Waals surface area contributed by atoms with Gasteiger partial charge >= 0.3 is 0 Å². The molecule has 1 heterocycles. The predicted molar refractivity (Wildman–Crippen MR) is 71.5 cm³/mol. The lowest BCUT2D eigenvalue weighted by Gasteiger charge is -2.18. The van der Waals surface area contributed by atoms with E-state index in [1.165, 1.54) is 19.3 Å². The van der Waals surface area contributed by atoms with Gasteiger partial charge in [0, 0.05) is 6.07 Å². The summed E-state index contributed by atoms with van der Waals surface area (Å²) in [4.78, 5) is 8.41. The van der Waals surface area contributed by atoms with E-state index in [4.69, 9.17) is 10.5 Å². The highest BCUT2D eigenvalue weighted by molar-refractivity contribution is 5.16. The Kier molecular flexibility index (Phi) is 4.53. The monoisotopic (exact) mass is 249 g/mol. The van der Waals surface area contributed by atoms with Crippen LogP contribution in [0, 0.1) is 11.8 Å². The Morgan fingerprint density at radius 1 is 1.33 bits per heavy atom. The number of rotatable bonds is 5. The van der Waals surface area contributed by atoms with Crippen LogP contribution in [0.25, 0.3) is 0 Å². The van der Waals surface area contributed by atoms with Crippen molar-refractivity contribution in [2.45, 2.75) is 39.0 Å². The molecule has 1 aliphatic rings. The molecule has 0 aliphatic heterocycles. The highest BCUT2D eigenvalue weighted by Crippen LogP contribution is 2.31. The summed E-state index contributed by atoms with van der Waals surface area (Å²) in [5.74, 6) is 2.30. The molecule has 100 valence electrons. The molecule has 2 unspecified atom stereocenters. The van der Waals surface area contributed by atoms with Gasteiger partial charge in [-0.15, -0.1) is 0 Å². The highest BCUT2D eigenvalue weighted by Gasteiger charge is 2.26. The van der Waals surface area contributed by atoms with Crippen molar-refractivity contribution in [1.29, 1.82) is 0 Å². The van der Waals surface area contributed by atoms with Crippen molar-refractivity contribution in [3.05, 3.63) is 18.1 Å². The zero-order valence-electron chi connectivity index (χ0n) is 11.3. The molecule has 18 heavy (non-hydrogen) atoms. The van der Waals surface area contributed by atoms with Gasteiger partial charge in [-0.05, 0) is 37.1 Å². The first-order valence-electron chi connectivity index (χ1n) is 6.85. The van der Waals surface area contributed by atoms with E-state index in [1.807, 2.05) is 6.07 Å². The molecule has 0 radical (unpaired) electrons. The Morgan fingerprint density at radius 3 is 2.83 bits per heavy atom. The van der Waals surface area contributed by atoms with Crippen LogP contribution in [0.4, 0.5) is 0 Å². The molecule has 0 bridgehead atoms. The fraction of sp³-hybridized carbons (Fsp3) is 0.714. The smallest absolute Gasteiger partial charge is 0.216 e. The predicted octanol–water partition coefficient (Wildman–Crippen LogP) is 2.35. The lowest BCUT2D eigenvalue weighted by Crippen LogP contribution is -2.23. The van der Waals surface area contributed by atoms with Crippen LogP contribution in [0.2, 0.25) is 0 Å². The molecular formula is C14H23N3O. The topological polar surface area (TPSA) is 61.0 Å². The van der Waals surface area contributed by atoms with E-state index in [0.29, 0.717) is 23.6 Å². The van der Waals surface area contributed by atoms with Gasteiger partial charge in [0.25, 0.3) is 0 Å². The minimum atomic E-state index is 0.402. The Labute approximate surface area is 109 Å². The fourth-order valence-electron chi connectivity index (χ4n) is 2.58. The summed E-state index contributed by atoms with van der Waals surface area (Å²) >= 11 is 0. The van der Waals surface area contributed by atoms with Gasteiger partial charge < -0.3 is 10.5 Å². The first kappa shape index (κ1) is 13.3. The van der Waals surface area contributed by atoms with Crippen LogP contribution < -0.4 is 10.5 Å². The minimum Gasteiger partial charge on any atom is -0.477 e. The Morgan fingerprint density at radius 2 is 2.11 bits per heavy atom. The van der Waals surface area contributed by atoms with Gasteiger partial charge in [-0.3, -0.25) is 0 Å². The standard InChI is InChI=1S/C14H23N3O/c1-10(2)13-6-14(17-9-16-13)18-8-12-5-3-4-11(12)7-15/h6,9-12H,3-5,7-8,15H2,1-2H3. The van der Waals surface area contributed by atoms with E-state index in [0.717, 1.165) is 18.8 Å². The van der Waals surface area contributed by atoms with Crippen LogP contribution in [0.3, 0.4) is 0 Å². The van der Waals surface area contributed by atoms with Crippen LogP contribution in [0.1, 0.15) is 44.7 Å². The zero-order chi connectivity index (χ0) is 13.0. The molecule has 1 aromatic heterocycles. The third-order valence-corrected chi connectivity index (χ3v) is 3.82. The molecular weight excluding hydrogens is 226 g/mol. The zero-order valence-corrected chi connectivity index (χ0v) is 11.3. The maximum Gasteiger partial charge on any atom is 0.216 e. The first-order valence-corrected chi connectivity index (χ1v) is 6.85. The van der Waals surface area contributed by atoms with Crippen molar-refractivity contribution in [3.63, 3.8) is 0 Å². The number of hydrogen-bond donors (Lipinski definition) is 1. The van der Waals surface area contributed by atoms with Crippen molar-refractivity contribution < 1.29 is 4.74 Å². The minimum absolute atomic E-state index is 0.402. The van der Waals surface area contributed by atoms with Crippen molar-refractivity contribution in [2.75, 3.05) is 13.2 Å². The average Bonchev–Trinajstić information content (AvgIpc) is 2.84. The summed E-state index contributed by atoms with van der Waals surface area (Å²) in [6.07, 6.45) is 5.33. The number of nitrogens with two attached hydrogens (primary N) is 1. The molecule has 2 rings (SSSR count). The van der Waals surface area contributed by atoms with Gasteiger partial charge in [-0.1, -0.05) is 20.3 Å². The molecule has 1 saturated carbocycles. The van der Waals surface area contributed by atoms with Gasteiger partial charge in [-0.25, -0.2) is 9.97 Å². The summed E-state index contributed by atoms with van der Waals surface area (Å²) in [7, 11) is 0. The van der Waals surface area contributed by atoms with Gasteiger partial charge in [0.05, 0.1) is 12.3 Å². The van der Waals surface area contributed by atoms with E-state index >= 15 is 0 Å². The number of nitrogens with zero attached hydrogens (tertiary/aromatic N) is 2. The Hall–Kier alpha value is -1.16. The summed E-state index contributed by atoms with van der Waals surface area (Å²) in [5, 5.41) is 0. The van der Waals surface area contributed by atoms with Crippen LogP contribution in [0.5, 0.6) is 5.88 Å². The maximum absolute atomic E-state index is 5.81. The molecule has 1 aliphatic carbocycles. The van der Waals surface area contributed by atoms with E-state index in [-0.39, 0.29) is 0 Å². The number of hydrogen-bond acceptors (Lipinski definition) is 4. The molecule has 4 heteroatoms. The first-order chi connectivity index (χ1) is 8.70. The summed E-state index contributed by atoms with van der Waals surface area (Å²) in [6, 6.07) is 1.94. The normalized spacial score (nSPS) is 23.6. The van der Waals surface area contributed by atoms with E-state index in [2.05, 4.69) is 23.8 Å². The maximum atomic E-state index is 5.81. The van der Waals surface area contributed by atoms with Crippen molar-refractivity contribution >= 4 is 0 Å². The van der Waals surface area contributed by atoms with Crippen molar-refractivity contribution in [2.24, 2.45) is 17.6 Å². The quantitative estimate of drug-likeness (QED) is 0.870. The average molecular weight is 249 g/mol. The van der Waals surface area contributed by atoms with Crippen LogP contribution in [-0.2, 0) is 0 Å². The molecule has 0 amide bonds. The van der Waals surface area contributed by atoms with Gasteiger partial charge in [0.15, 0.2) is 0 Å². The number of ether oxygens (including phenoxy) is 1. The van der Waals surface area contributed by atoms with Crippen LogP contribution in [0.15, 0.2) is 12.4 Å². The largest absolute Gasteiger partial charge is 0.477 e. The molecule has 2 N–H and O–H groups in total. The third-order valence-electron chi connectivity index (χ3n) is 3.82. The van der Waals surface area contributed by atoms with Crippen molar-refractivity contribution in [1.82, 2.24) is 9.97 Å². The molecule has 0 spiro atoms. The Bertz CT molecular complexity index is 381. The third kappa shape index (κ3) is 3.19. The van der Waals surface area contributed by atoms with Gasteiger partial charge in [-0.2, -0.15) is 0 Å². The number of aromatic nitrogens is 2. The molecule has 2 atom stereocenters. The second-order valence-electron chi connectivity index (χ2n) is 5.43. The SMILES string of the molecule is CC(C)c1cc(OCC2CCCC2CN)ncn1. The molecule has 4 nitrogen and oxygen atoms in total. The lowest BCUT2D eigenvalue weighted by molar-refractivity contribution is 0.210. The van der Waals surface area contributed by atoms with E-state index in [9.17, 15) is 0 Å². The van der Waals surface area contributed by atoms with Gasteiger partial charge in [0.2, 0.25) is 5.88 Å². The summed E-state index contributed by atoms with van der Waals surface area (Å²) in [5.41, 5.74) is 6.81. The van der Waals surface area contributed by atoms with Crippen molar-refractivity contribution in [3.8, 4) is 5.88 Å².